The minimum absolute atomic E-state index is 0.136. The van der Waals surface area contributed by atoms with Crippen molar-refractivity contribution in [1.29, 1.82) is 0 Å². The molecule has 0 saturated carbocycles. The number of hydrogen-bond acceptors (Lipinski definition) is 6. The molecule has 0 fully saturated rings. The molecule has 0 N–H and O–H groups in total. The molecular weight excluding hydrogens is 382 g/mol. The molecule has 7 heteroatoms. The van der Waals surface area contributed by atoms with Crippen LogP contribution in [0.1, 0.15) is 33.9 Å². The number of Topliss-reactive ketones (excluding diaryl/α,β-unsaturated/α-hetero) is 1. The van der Waals surface area contributed by atoms with Crippen molar-refractivity contribution in [2.75, 3.05) is 0 Å². The summed E-state index contributed by atoms with van der Waals surface area (Å²) < 4.78 is 6.05. The van der Waals surface area contributed by atoms with Gasteiger partial charge in [0.25, 0.3) is 11.9 Å². The van der Waals surface area contributed by atoms with Gasteiger partial charge in [-0.3, -0.25) is 14.9 Å². The van der Waals surface area contributed by atoms with Crippen LogP contribution in [0.25, 0.3) is 0 Å². The molecule has 3 aromatic rings. The summed E-state index contributed by atoms with van der Waals surface area (Å²) in [5.41, 5.74) is 2.91. The molecule has 0 bridgehead atoms. The fraction of sp³-hybridized carbons (Fsp3) is 0.130. The highest BCUT2D eigenvalue weighted by Crippen LogP contribution is 2.43. The molecule has 5 rings (SSSR count). The first kappa shape index (κ1) is 18.1. The Kier molecular flexibility index (Phi) is 4.28. The van der Waals surface area contributed by atoms with Gasteiger partial charge in [0, 0.05) is 29.7 Å². The van der Waals surface area contributed by atoms with Crippen LogP contribution >= 0.6 is 0 Å². The normalized spacial score (nSPS) is 19.3. The number of nitro benzene ring substituents is 1. The van der Waals surface area contributed by atoms with Crippen molar-refractivity contribution in [3.05, 3.63) is 106 Å². The lowest BCUT2D eigenvalue weighted by atomic mass is 9.96. The van der Waals surface area contributed by atoms with Crippen LogP contribution in [0.4, 0.5) is 5.69 Å². The highest BCUT2D eigenvalue weighted by molar-refractivity contribution is 6.03. The second kappa shape index (κ2) is 7.11. The van der Waals surface area contributed by atoms with Gasteiger partial charge < -0.3 is 4.74 Å². The number of nitro groups is 1. The van der Waals surface area contributed by atoms with E-state index in [2.05, 4.69) is 0 Å². The number of carbonyl (C=O) groups is 1. The van der Waals surface area contributed by atoms with E-state index in [1.165, 1.54) is 18.2 Å². The Morgan fingerprint density at radius 2 is 1.80 bits per heavy atom. The maximum Gasteiger partial charge on any atom is 0.270 e. The van der Waals surface area contributed by atoms with Gasteiger partial charge in [-0.05, 0) is 11.6 Å². The monoisotopic (exact) mass is 399 g/mol. The molecule has 0 saturated heterocycles. The van der Waals surface area contributed by atoms with E-state index in [9.17, 15) is 14.9 Å². The smallest absolute Gasteiger partial charge is 0.270 e. The van der Waals surface area contributed by atoms with E-state index < -0.39 is 11.2 Å². The number of fused-ring (bicyclic) bond motifs is 3. The highest BCUT2D eigenvalue weighted by Gasteiger charge is 2.43. The van der Waals surface area contributed by atoms with Crippen molar-refractivity contribution in [3.8, 4) is 5.75 Å². The quantitative estimate of drug-likeness (QED) is 0.370. The topological polar surface area (TPSA) is 85.0 Å². The molecule has 2 aliphatic rings. The standard InChI is InChI=1S/C23H17N3O4/c27-22(16-9-6-10-17(13-16)26(28)29)23-25-20(18-11-4-5-12-21(18)30-23)14-19(24-25)15-7-2-1-3-8-15/h1-13,20,23H,14H2. The first-order chi connectivity index (χ1) is 14.6. The van der Waals surface area contributed by atoms with Crippen LogP contribution in [0.15, 0.2) is 84.0 Å². The lowest BCUT2D eigenvalue weighted by molar-refractivity contribution is -0.384. The first-order valence-electron chi connectivity index (χ1n) is 9.57. The summed E-state index contributed by atoms with van der Waals surface area (Å²) >= 11 is 0. The summed E-state index contributed by atoms with van der Waals surface area (Å²) in [4.78, 5) is 23.9. The fourth-order valence-corrected chi connectivity index (χ4v) is 3.93. The summed E-state index contributed by atoms with van der Waals surface area (Å²) in [6, 6.07) is 23.0. The second-order valence-corrected chi connectivity index (χ2v) is 7.19. The Labute approximate surface area is 172 Å². The van der Waals surface area contributed by atoms with Gasteiger partial charge in [0.15, 0.2) is 0 Å². The number of ether oxygens (including phenoxy) is 1. The number of benzene rings is 3. The second-order valence-electron chi connectivity index (χ2n) is 7.19. The predicted octanol–water partition coefficient (Wildman–Crippen LogP) is 4.35. The average molecular weight is 399 g/mol. The van der Waals surface area contributed by atoms with Gasteiger partial charge in [-0.25, -0.2) is 5.01 Å². The van der Waals surface area contributed by atoms with Crippen LogP contribution in [0.5, 0.6) is 5.75 Å². The van der Waals surface area contributed by atoms with E-state index in [1.54, 1.807) is 11.1 Å². The molecule has 0 radical (unpaired) electrons. The number of para-hydroxylation sites is 1. The molecular formula is C23H17N3O4. The molecule has 30 heavy (non-hydrogen) atoms. The Morgan fingerprint density at radius 1 is 1.03 bits per heavy atom. The van der Waals surface area contributed by atoms with Gasteiger partial charge in [0.2, 0.25) is 5.78 Å². The Morgan fingerprint density at radius 3 is 2.60 bits per heavy atom. The molecule has 7 nitrogen and oxygen atoms in total. The van der Waals surface area contributed by atoms with Crippen LogP contribution in [0.2, 0.25) is 0 Å². The molecule has 2 heterocycles. The number of non-ortho nitro benzene ring substituents is 1. The van der Waals surface area contributed by atoms with Gasteiger partial charge in [0.05, 0.1) is 16.7 Å². The molecule has 2 unspecified atom stereocenters. The van der Waals surface area contributed by atoms with Gasteiger partial charge in [0.1, 0.15) is 5.75 Å². The van der Waals surface area contributed by atoms with E-state index in [0.717, 1.165) is 16.8 Å². The Bertz CT molecular complexity index is 1180. The highest BCUT2D eigenvalue weighted by atomic mass is 16.6. The zero-order valence-electron chi connectivity index (χ0n) is 15.8. The molecule has 2 aliphatic heterocycles. The van der Waals surface area contributed by atoms with Crippen LogP contribution in [0.3, 0.4) is 0 Å². The van der Waals surface area contributed by atoms with Crippen molar-refractivity contribution in [2.45, 2.75) is 18.7 Å². The molecule has 0 aromatic heterocycles. The summed E-state index contributed by atoms with van der Waals surface area (Å²) in [5, 5.41) is 17.6. The van der Waals surface area contributed by atoms with Crippen LogP contribution < -0.4 is 4.74 Å². The van der Waals surface area contributed by atoms with Gasteiger partial charge in [-0.15, -0.1) is 0 Å². The summed E-state index contributed by atoms with van der Waals surface area (Å²) in [7, 11) is 0. The number of hydrazone groups is 1. The van der Waals surface area contributed by atoms with Crippen LogP contribution in [-0.4, -0.2) is 27.7 Å². The Balaban J connectivity index is 1.56. The summed E-state index contributed by atoms with van der Waals surface area (Å²) in [6.45, 7) is 0. The van der Waals surface area contributed by atoms with Crippen molar-refractivity contribution < 1.29 is 14.5 Å². The van der Waals surface area contributed by atoms with Crippen molar-refractivity contribution in [2.24, 2.45) is 5.10 Å². The first-order valence-corrected chi connectivity index (χ1v) is 9.57. The minimum Gasteiger partial charge on any atom is -0.461 e. The van der Waals surface area contributed by atoms with E-state index in [4.69, 9.17) is 9.84 Å². The fourth-order valence-electron chi connectivity index (χ4n) is 3.93. The van der Waals surface area contributed by atoms with E-state index in [-0.39, 0.29) is 23.1 Å². The van der Waals surface area contributed by atoms with Crippen molar-refractivity contribution >= 4 is 17.2 Å². The third-order valence-corrected chi connectivity index (χ3v) is 5.37. The van der Waals surface area contributed by atoms with Gasteiger partial charge >= 0.3 is 0 Å². The number of hydrogen-bond donors (Lipinski definition) is 0. The lowest BCUT2D eigenvalue weighted by Gasteiger charge is -2.37. The summed E-state index contributed by atoms with van der Waals surface area (Å²) in [5.74, 6) is 0.267. The van der Waals surface area contributed by atoms with Gasteiger partial charge in [-0.1, -0.05) is 60.7 Å². The number of nitrogens with zero attached hydrogens (tertiary/aromatic N) is 3. The Hall–Kier alpha value is -4.00. The molecule has 2 atom stereocenters. The zero-order chi connectivity index (χ0) is 20.7. The summed E-state index contributed by atoms with van der Waals surface area (Å²) in [6.07, 6.45) is -0.351. The van der Waals surface area contributed by atoms with Crippen LogP contribution in [-0.2, 0) is 0 Å². The average Bonchev–Trinajstić information content (AvgIpc) is 3.24. The largest absolute Gasteiger partial charge is 0.461 e. The predicted molar refractivity (Wildman–Crippen MR) is 110 cm³/mol. The van der Waals surface area contributed by atoms with Crippen LogP contribution in [0, 0.1) is 10.1 Å². The van der Waals surface area contributed by atoms with Crippen molar-refractivity contribution in [3.63, 3.8) is 0 Å². The molecule has 0 spiro atoms. The minimum atomic E-state index is -0.992. The molecule has 148 valence electrons. The van der Waals surface area contributed by atoms with Crippen molar-refractivity contribution in [1.82, 2.24) is 5.01 Å². The molecule has 3 aromatic carbocycles. The number of carbonyl (C=O) groups excluding carboxylic acids is 1. The number of ketones is 1. The van der Waals surface area contributed by atoms with Gasteiger partial charge in [-0.2, -0.15) is 5.10 Å². The SMILES string of the molecule is O=C(c1cccc([N+](=O)[O-])c1)C1Oc2ccccc2C2CC(c3ccccc3)=NN12. The third-order valence-electron chi connectivity index (χ3n) is 5.37. The lowest BCUT2D eigenvalue weighted by Crippen LogP contribution is -2.45. The maximum atomic E-state index is 13.3. The number of rotatable bonds is 4. The van der Waals surface area contributed by atoms with E-state index >= 15 is 0 Å². The third kappa shape index (κ3) is 3.00. The maximum absolute atomic E-state index is 13.3. The zero-order valence-corrected chi connectivity index (χ0v) is 15.8. The molecule has 0 amide bonds. The molecule has 0 aliphatic carbocycles. The van der Waals surface area contributed by atoms with E-state index in [1.807, 2.05) is 54.6 Å². The van der Waals surface area contributed by atoms with E-state index in [0.29, 0.717) is 12.2 Å².